The predicted molar refractivity (Wildman–Crippen MR) is 60.6 cm³/mol. The Balaban J connectivity index is 2.18. The number of nitrogens with one attached hydrogen (secondary N) is 1. The van der Waals surface area contributed by atoms with Gasteiger partial charge in [0.25, 0.3) is 0 Å². The second-order valence-corrected chi connectivity index (χ2v) is 4.51. The van der Waals surface area contributed by atoms with Crippen molar-refractivity contribution in [2.45, 2.75) is 18.9 Å². The quantitative estimate of drug-likeness (QED) is 0.900. The number of aromatic nitrogens is 4. The van der Waals surface area contributed by atoms with Crippen LogP contribution in [0.3, 0.4) is 0 Å². The van der Waals surface area contributed by atoms with Crippen molar-refractivity contribution in [3.05, 3.63) is 10.9 Å². The van der Waals surface area contributed by atoms with Gasteiger partial charge < -0.3 is 5.32 Å². The summed E-state index contributed by atoms with van der Waals surface area (Å²) >= 11 is 3.43. The lowest BCUT2D eigenvalue weighted by Gasteiger charge is -2.03. The van der Waals surface area contributed by atoms with Crippen molar-refractivity contribution < 1.29 is 0 Å². The summed E-state index contributed by atoms with van der Waals surface area (Å²) in [6.07, 6.45) is 4.02. The topological polar surface area (TPSA) is 55.6 Å². The molecule has 1 aliphatic rings. The minimum Gasteiger partial charge on any atom is -0.367 e. The first kappa shape index (κ1) is 9.08. The molecule has 0 aromatic carbocycles. The van der Waals surface area contributed by atoms with Gasteiger partial charge in [-0.05, 0) is 28.8 Å². The highest BCUT2D eigenvalue weighted by molar-refractivity contribution is 9.10. The highest BCUT2D eigenvalue weighted by Gasteiger charge is 2.23. The van der Waals surface area contributed by atoms with Crippen LogP contribution in [-0.4, -0.2) is 25.8 Å². The Bertz CT molecular complexity index is 516. The van der Waals surface area contributed by atoms with Crippen molar-refractivity contribution in [2.75, 3.05) is 5.32 Å². The van der Waals surface area contributed by atoms with Gasteiger partial charge >= 0.3 is 0 Å². The third kappa shape index (κ3) is 1.49. The lowest BCUT2D eigenvalue weighted by Crippen LogP contribution is -2.04. The van der Waals surface area contributed by atoms with E-state index in [0.29, 0.717) is 6.04 Å². The normalized spacial score (nSPS) is 15.9. The molecule has 0 spiro atoms. The molecule has 0 unspecified atom stereocenters. The number of hydrogen-bond acceptors (Lipinski definition) is 4. The number of nitrogens with zero attached hydrogens (tertiary/aromatic N) is 4. The standard InChI is InChI=1S/C9H10BrN5/c1-15-9-6(7(10)14-15)8(11-4-12-9)13-5-2-3-5/h4-5H,2-3H2,1H3,(H,11,12,13). The molecular weight excluding hydrogens is 258 g/mol. The van der Waals surface area contributed by atoms with E-state index in [1.807, 2.05) is 7.05 Å². The molecule has 0 radical (unpaired) electrons. The first-order valence-electron chi connectivity index (χ1n) is 4.85. The predicted octanol–water partition coefficient (Wildman–Crippen LogP) is 1.70. The maximum absolute atomic E-state index is 4.27. The highest BCUT2D eigenvalue weighted by atomic mass is 79.9. The maximum atomic E-state index is 4.27. The Morgan fingerprint density at radius 3 is 3.00 bits per heavy atom. The van der Waals surface area contributed by atoms with Crippen LogP contribution in [0.4, 0.5) is 5.82 Å². The van der Waals surface area contributed by atoms with E-state index in [0.717, 1.165) is 21.5 Å². The molecule has 2 aromatic rings. The Kier molecular flexibility index (Phi) is 1.92. The zero-order valence-corrected chi connectivity index (χ0v) is 9.82. The van der Waals surface area contributed by atoms with Crippen molar-refractivity contribution in [1.82, 2.24) is 19.7 Å². The smallest absolute Gasteiger partial charge is 0.164 e. The number of fused-ring (bicyclic) bond motifs is 1. The van der Waals surface area contributed by atoms with E-state index in [2.05, 4.69) is 36.3 Å². The summed E-state index contributed by atoms with van der Waals surface area (Å²) in [5.74, 6) is 0.877. The van der Waals surface area contributed by atoms with Crippen LogP contribution in [0.2, 0.25) is 0 Å². The molecule has 0 saturated heterocycles. The average molecular weight is 268 g/mol. The molecule has 1 N–H and O–H groups in total. The maximum Gasteiger partial charge on any atom is 0.164 e. The van der Waals surface area contributed by atoms with Crippen LogP contribution in [0.15, 0.2) is 10.9 Å². The second-order valence-electron chi connectivity index (χ2n) is 3.75. The highest BCUT2D eigenvalue weighted by Crippen LogP contribution is 2.30. The van der Waals surface area contributed by atoms with Crippen LogP contribution >= 0.6 is 15.9 Å². The molecule has 15 heavy (non-hydrogen) atoms. The third-order valence-electron chi connectivity index (χ3n) is 2.50. The van der Waals surface area contributed by atoms with Gasteiger partial charge in [0, 0.05) is 13.1 Å². The van der Waals surface area contributed by atoms with Crippen molar-refractivity contribution in [1.29, 1.82) is 0 Å². The summed E-state index contributed by atoms with van der Waals surface area (Å²) < 4.78 is 2.54. The lowest BCUT2D eigenvalue weighted by molar-refractivity contribution is 0.777. The van der Waals surface area contributed by atoms with Gasteiger partial charge in [-0.1, -0.05) is 0 Å². The Morgan fingerprint density at radius 1 is 1.47 bits per heavy atom. The summed E-state index contributed by atoms with van der Waals surface area (Å²) in [5.41, 5.74) is 0.847. The Hall–Kier alpha value is -1.17. The summed E-state index contributed by atoms with van der Waals surface area (Å²) in [4.78, 5) is 8.46. The first-order valence-corrected chi connectivity index (χ1v) is 5.65. The van der Waals surface area contributed by atoms with Crippen molar-refractivity contribution in [3.63, 3.8) is 0 Å². The first-order chi connectivity index (χ1) is 7.25. The van der Waals surface area contributed by atoms with E-state index < -0.39 is 0 Å². The SMILES string of the molecule is Cn1nc(Br)c2c(NC3CC3)ncnc21. The fourth-order valence-electron chi connectivity index (χ4n) is 1.57. The number of anilines is 1. The molecule has 6 heteroatoms. The number of aryl methyl sites for hydroxylation is 1. The molecule has 3 rings (SSSR count). The van der Waals surface area contributed by atoms with Crippen LogP contribution in [0.25, 0.3) is 11.0 Å². The van der Waals surface area contributed by atoms with Crippen LogP contribution in [0, 0.1) is 0 Å². The van der Waals surface area contributed by atoms with E-state index >= 15 is 0 Å². The van der Waals surface area contributed by atoms with E-state index in [-0.39, 0.29) is 0 Å². The van der Waals surface area contributed by atoms with Gasteiger partial charge in [0.15, 0.2) is 5.65 Å². The molecule has 5 nitrogen and oxygen atoms in total. The molecule has 2 heterocycles. The summed E-state index contributed by atoms with van der Waals surface area (Å²) in [5, 5.41) is 8.61. The Labute approximate surface area is 95.0 Å². The molecule has 1 aliphatic carbocycles. The van der Waals surface area contributed by atoms with Crippen molar-refractivity contribution in [3.8, 4) is 0 Å². The second kappa shape index (κ2) is 3.16. The Morgan fingerprint density at radius 2 is 2.27 bits per heavy atom. The van der Waals surface area contributed by atoms with E-state index in [1.54, 1.807) is 11.0 Å². The molecule has 0 atom stereocenters. The van der Waals surface area contributed by atoms with Crippen LogP contribution in [0.5, 0.6) is 0 Å². The summed E-state index contributed by atoms with van der Waals surface area (Å²) in [6.45, 7) is 0. The van der Waals surface area contributed by atoms with E-state index in [1.165, 1.54) is 12.8 Å². The number of hydrogen-bond donors (Lipinski definition) is 1. The average Bonchev–Trinajstić information content (AvgIpc) is 2.96. The largest absolute Gasteiger partial charge is 0.367 e. The van der Waals surface area contributed by atoms with Gasteiger partial charge in [0.2, 0.25) is 0 Å². The zero-order chi connectivity index (χ0) is 10.4. The molecule has 0 aliphatic heterocycles. The van der Waals surface area contributed by atoms with Crippen LogP contribution < -0.4 is 5.32 Å². The van der Waals surface area contributed by atoms with Crippen LogP contribution in [-0.2, 0) is 7.05 Å². The van der Waals surface area contributed by atoms with Crippen molar-refractivity contribution in [2.24, 2.45) is 7.05 Å². The molecule has 2 aromatic heterocycles. The molecule has 0 amide bonds. The van der Waals surface area contributed by atoms with E-state index in [4.69, 9.17) is 0 Å². The fourth-order valence-corrected chi connectivity index (χ4v) is 2.17. The van der Waals surface area contributed by atoms with Gasteiger partial charge in [-0.15, -0.1) is 0 Å². The fraction of sp³-hybridized carbons (Fsp3) is 0.444. The monoisotopic (exact) mass is 267 g/mol. The van der Waals surface area contributed by atoms with Gasteiger partial charge in [-0.25, -0.2) is 14.6 Å². The molecule has 78 valence electrons. The minimum atomic E-state index is 0.579. The number of halogens is 1. The third-order valence-corrected chi connectivity index (χ3v) is 3.05. The van der Waals surface area contributed by atoms with E-state index in [9.17, 15) is 0 Å². The minimum absolute atomic E-state index is 0.579. The van der Waals surface area contributed by atoms with Gasteiger partial charge in [0.1, 0.15) is 16.7 Å². The zero-order valence-electron chi connectivity index (χ0n) is 8.24. The summed E-state index contributed by atoms with van der Waals surface area (Å²) in [6, 6.07) is 0.579. The van der Waals surface area contributed by atoms with Gasteiger partial charge in [0.05, 0.1) is 5.39 Å². The molecular formula is C9H10BrN5. The van der Waals surface area contributed by atoms with Crippen molar-refractivity contribution >= 4 is 32.8 Å². The number of rotatable bonds is 2. The lowest BCUT2D eigenvalue weighted by atomic mass is 10.4. The molecule has 1 fully saturated rings. The van der Waals surface area contributed by atoms with Gasteiger partial charge in [-0.2, -0.15) is 5.10 Å². The van der Waals surface area contributed by atoms with Gasteiger partial charge in [-0.3, -0.25) is 0 Å². The molecule has 0 bridgehead atoms. The molecule has 1 saturated carbocycles. The summed E-state index contributed by atoms with van der Waals surface area (Å²) in [7, 11) is 1.88. The van der Waals surface area contributed by atoms with Crippen LogP contribution in [0.1, 0.15) is 12.8 Å².